The highest BCUT2D eigenvalue weighted by molar-refractivity contribution is 5.83. The molecule has 67 heavy (non-hydrogen) atoms. The number of aliphatic hydroxyl groups is 2. The number of ether oxygens (including phenoxy) is 1. The number of hydrogen-bond donors (Lipinski definition) is 2. The number of nitrogens with zero attached hydrogens (tertiary/aromatic N) is 1. The zero-order valence-electron chi connectivity index (χ0n) is 44.1. The molecule has 10 aliphatic carbocycles. The average molecular weight is 952 g/mol. The van der Waals surface area contributed by atoms with Gasteiger partial charge in [0.25, 0.3) is 5.92 Å². The number of alkyl halides is 3. The maximum Gasteiger partial charge on any atom is 0.273 e. The maximum atomic E-state index is 13.0. The molecule has 1 aromatic carbocycles. The van der Waals surface area contributed by atoms with Gasteiger partial charge in [0.05, 0.1) is 12.2 Å². The summed E-state index contributed by atoms with van der Waals surface area (Å²) in [7, 11) is 5.53. The molecule has 5 nitrogen and oxygen atoms in total. The summed E-state index contributed by atoms with van der Waals surface area (Å²) in [6.07, 6.45) is 28.2. The van der Waals surface area contributed by atoms with Gasteiger partial charge in [-0.1, -0.05) is 93.7 Å². The van der Waals surface area contributed by atoms with E-state index in [2.05, 4.69) is 41.5 Å². The van der Waals surface area contributed by atoms with Gasteiger partial charge in [-0.25, -0.2) is 17.6 Å². The molecule has 390 valence electrons. The highest BCUT2D eigenvalue weighted by atomic mass is 19.3. The minimum absolute atomic E-state index is 0. The van der Waals surface area contributed by atoms with Crippen LogP contribution in [0.2, 0.25) is 0 Å². The predicted molar refractivity (Wildman–Crippen MR) is 271 cm³/mol. The largest absolute Gasteiger partial charge is 0.390 e. The molecular formula is C58H101F4NO4. The molecule has 0 unspecified atom stereocenters. The van der Waals surface area contributed by atoms with Crippen LogP contribution in [-0.4, -0.2) is 71.6 Å². The Labute approximate surface area is 408 Å². The molecule has 9 heteroatoms. The van der Waals surface area contributed by atoms with Gasteiger partial charge in [-0.15, -0.1) is 0 Å². The normalized spacial score (nSPS) is 36.5. The summed E-state index contributed by atoms with van der Waals surface area (Å²) in [5, 5.41) is 19.0. The van der Waals surface area contributed by atoms with Crippen molar-refractivity contribution in [3.8, 4) is 0 Å². The molecule has 0 aliphatic heterocycles. The van der Waals surface area contributed by atoms with Crippen LogP contribution in [0.15, 0.2) is 24.3 Å². The van der Waals surface area contributed by atoms with Crippen molar-refractivity contribution < 1.29 is 37.3 Å². The van der Waals surface area contributed by atoms with Gasteiger partial charge >= 0.3 is 0 Å². The molecule has 10 fully saturated rings. The fourth-order valence-corrected chi connectivity index (χ4v) is 11.6. The van der Waals surface area contributed by atoms with E-state index in [1.807, 2.05) is 33.2 Å². The van der Waals surface area contributed by atoms with E-state index >= 15 is 0 Å². The van der Waals surface area contributed by atoms with Crippen molar-refractivity contribution in [2.45, 2.75) is 258 Å². The van der Waals surface area contributed by atoms with E-state index in [0.29, 0.717) is 27.6 Å². The van der Waals surface area contributed by atoms with E-state index in [0.717, 1.165) is 89.6 Å². The molecule has 2 N–H and O–H groups in total. The standard InChI is InChI=1S/C11H19NO.C10H11F.C9H16O.C8H15F.C7H12F2O.C6H12O.C6H12.CH4/c1-10-4-6-11(8-10,7-5-10)9(13)12(2)3;1-10(6-7-10)8-2-4-9(11)5-3-8;1-8-2-5-9(10,6-3-8)7-4-8;1-7-3-5-8(2,9)6-4-7;1-5-3-7(10,4-5)6(2,8)9;1-6(3-4-6)5-7-2;1-6-4-2-3-5-6;/h4-8H2,1-3H3;2-5H,6-7H2,1H3;10H,2-7H2,1H3;7H,3-6H2,1-2H3;5,10H,3-4H2,1-2H3;3-5H2,1-2H3;6H,2-5H2,1H3;1H4. The van der Waals surface area contributed by atoms with Gasteiger partial charge in [-0.2, -0.15) is 0 Å². The third kappa shape index (κ3) is 18.1. The Balaban J connectivity index is 0.000000209. The Morgan fingerprint density at radius 3 is 1.40 bits per heavy atom. The van der Waals surface area contributed by atoms with Crippen LogP contribution in [0, 0.1) is 45.2 Å². The molecule has 0 saturated heterocycles. The summed E-state index contributed by atoms with van der Waals surface area (Å²) in [6, 6.07) is 6.86. The summed E-state index contributed by atoms with van der Waals surface area (Å²) in [5.41, 5.74) is 0.576. The van der Waals surface area contributed by atoms with Gasteiger partial charge in [0.1, 0.15) is 17.1 Å². The molecular weight excluding hydrogens is 851 g/mol. The molecule has 4 bridgehead atoms. The first-order valence-electron chi connectivity index (χ1n) is 26.4. The molecule has 0 spiro atoms. The number of amides is 1. The Bertz CT molecular complexity index is 1570. The van der Waals surface area contributed by atoms with E-state index in [1.165, 1.54) is 89.0 Å². The van der Waals surface area contributed by atoms with Crippen LogP contribution in [0.5, 0.6) is 0 Å². The highest BCUT2D eigenvalue weighted by Crippen LogP contribution is 2.62. The Hall–Kier alpha value is -1.71. The molecule has 0 radical (unpaired) electrons. The number of halogens is 4. The third-order valence-electron chi connectivity index (χ3n) is 17.9. The monoisotopic (exact) mass is 952 g/mol. The van der Waals surface area contributed by atoms with Crippen LogP contribution in [0.1, 0.15) is 236 Å². The first-order valence-corrected chi connectivity index (χ1v) is 26.4. The fraction of sp³-hybridized carbons (Fsp3) is 0.879. The first kappa shape index (κ1) is 59.6. The Morgan fingerprint density at radius 1 is 0.687 bits per heavy atom. The number of carbonyl (C=O) groups is 1. The van der Waals surface area contributed by atoms with Crippen molar-refractivity contribution in [2.24, 2.45) is 39.4 Å². The second-order valence-corrected chi connectivity index (χ2v) is 25.7. The van der Waals surface area contributed by atoms with Crippen LogP contribution < -0.4 is 0 Å². The molecule has 10 saturated carbocycles. The van der Waals surface area contributed by atoms with Crippen LogP contribution in [0.4, 0.5) is 17.6 Å². The van der Waals surface area contributed by atoms with E-state index in [-0.39, 0.29) is 43.0 Å². The van der Waals surface area contributed by atoms with Gasteiger partial charge in [0.15, 0.2) is 0 Å². The minimum atomic E-state index is -2.93. The Morgan fingerprint density at radius 2 is 1.13 bits per heavy atom. The molecule has 11 rings (SSSR count). The second kappa shape index (κ2) is 23.7. The van der Waals surface area contributed by atoms with E-state index < -0.39 is 17.2 Å². The first-order chi connectivity index (χ1) is 30.4. The lowest BCUT2D eigenvalue weighted by atomic mass is 9.60. The summed E-state index contributed by atoms with van der Waals surface area (Å²) in [4.78, 5) is 13.8. The smallest absolute Gasteiger partial charge is 0.273 e. The van der Waals surface area contributed by atoms with Crippen molar-refractivity contribution in [3.63, 3.8) is 0 Å². The van der Waals surface area contributed by atoms with Crippen LogP contribution >= 0.6 is 0 Å². The lowest BCUT2D eigenvalue weighted by Crippen LogP contribution is -2.55. The van der Waals surface area contributed by atoms with E-state index in [4.69, 9.17) is 9.84 Å². The van der Waals surface area contributed by atoms with E-state index in [9.17, 15) is 27.5 Å². The van der Waals surface area contributed by atoms with Crippen molar-refractivity contribution in [1.29, 1.82) is 0 Å². The summed E-state index contributed by atoms with van der Waals surface area (Å²) in [6.45, 7) is 19.0. The van der Waals surface area contributed by atoms with Crippen molar-refractivity contribution in [2.75, 3.05) is 27.8 Å². The quantitative estimate of drug-likeness (QED) is 0.289. The molecule has 0 heterocycles. The average Bonchev–Trinajstić information content (AvgIpc) is 3.99. The Kier molecular flexibility index (Phi) is 21.1. The highest BCUT2D eigenvalue weighted by Gasteiger charge is 2.57. The molecule has 0 aromatic heterocycles. The lowest BCUT2D eigenvalue weighted by Gasteiger charge is -2.49. The van der Waals surface area contributed by atoms with Gasteiger partial charge in [-0.3, -0.25) is 4.79 Å². The summed E-state index contributed by atoms with van der Waals surface area (Å²) < 4.78 is 55.5. The van der Waals surface area contributed by atoms with Crippen molar-refractivity contribution in [3.05, 3.63) is 35.6 Å². The van der Waals surface area contributed by atoms with Crippen molar-refractivity contribution >= 4 is 5.91 Å². The third-order valence-corrected chi connectivity index (χ3v) is 17.9. The summed E-state index contributed by atoms with van der Waals surface area (Å²) in [5.74, 6) is -0.652. The molecule has 1 amide bonds. The SMILES string of the molecule is C.CC1(c2ccc(F)cc2)CC1.CC12CCC(O)(CC1)CC2.CC1CC(O)(C(C)(F)F)C1.CC1CCC(C)(F)CC1.CC1CCCC1.CN(C)C(=O)C12CCC(C)(CC1)C2.COCC1(C)CC1. The minimum Gasteiger partial charge on any atom is -0.390 e. The number of hydrogen-bond acceptors (Lipinski definition) is 4. The zero-order valence-corrected chi connectivity index (χ0v) is 44.1. The zero-order chi connectivity index (χ0) is 49.5. The van der Waals surface area contributed by atoms with Gasteiger partial charge in [0, 0.05) is 33.5 Å². The lowest BCUT2D eigenvalue weighted by molar-refractivity contribution is -0.222. The second-order valence-electron chi connectivity index (χ2n) is 25.7. The number of rotatable bonds is 5. The topological polar surface area (TPSA) is 70.0 Å². The van der Waals surface area contributed by atoms with Crippen LogP contribution in [0.25, 0.3) is 0 Å². The molecule has 1 aromatic rings. The van der Waals surface area contributed by atoms with Crippen molar-refractivity contribution in [1.82, 2.24) is 4.90 Å². The van der Waals surface area contributed by atoms with Gasteiger partial charge < -0.3 is 19.8 Å². The van der Waals surface area contributed by atoms with Gasteiger partial charge in [-0.05, 0) is 199 Å². The van der Waals surface area contributed by atoms with E-state index in [1.54, 1.807) is 31.1 Å². The molecule has 0 atom stereocenters. The number of methoxy groups -OCH3 is 1. The van der Waals surface area contributed by atoms with Crippen LogP contribution in [0.3, 0.4) is 0 Å². The summed E-state index contributed by atoms with van der Waals surface area (Å²) >= 11 is 0. The predicted octanol–water partition coefficient (Wildman–Crippen LogP) is 16.0. The van der Waals surface area contributed by atoms with Crippen LogP contribution in [-0.2, 0) is 14.9 Å². The molecule has 10 aliphatic rings. The number of fused-ring (bicyclic) bond motifs is 5. The maximum absolute atomic E-state index is 13.0. The fourth-order valence-electron chi connectivity index (χ4n) is 11.6. The number of benzene rings is 1. The van der Waals surface area contributed by atoms with Gasteiger partial charge in [0.2, 0.25) is 5.91 Å². The number of carbonyl (C=O) groups excluding carboxylic acids is 1.